The van der Waals surface area contributed by atoms with Gasteiger partial charge in [0.15, 0.2) is 5.75 Å². The normalized spacial score (nSPS) is 19.6. The number of hydrogen-bond donors (Lipinski definition) is 2. The first-order chi connectivity index (χ1) is 13.0. The van der Waals surface area contributed by atoms with Crippen LogP contribution in [0.15, 0.2) is 54.6 Å². The van der Waals surface area contributed by atoms with Gasteiger partial charge in [-0.2, -0.15) is 0 Å². The van der Waals surface area contributed by atoms with E-state index >= 15 is 0 Å². The second-order valence-electron chi connectivity index (χ2n) is 6.89. The number of hydrogen-bond acceptors (Lipinski definition) is 4. The molecule has 0 aromatic heterocycles. The van der Waals surface area contributed by atoms with Crippen molar-refractivity contribution in [1.29, 1.82) is 0 Å². The lowest BCUT2D eigenvalue weighted by Crippen LogP contribution is -2.27. The molecule has 1 aliphatic heterocycles. The summed E-state index contributed by atoms with van der Waals surface area (Å²) in [4.78, 5) is 25.6. The van der Waals surface area contributed by atoms with E-state index in [0.29, 0.717) is 43.2 Å². The third kappa shape index (κ3) is 5.08. The Bertz CT molecular complexity index is 794. The zero-order valence-corrected chi connectivity index (χ0v) is 15.3. The first kappa shape index (κ1) is 18.9. The second kappa shape index (κ2) is 8.68. The standard InChI is InChI=1S/C21H24N2O4/c1-15-13-23(14-17(15)21(25)26)12-11-20(24)22-18-9-5-6-10-19(18)27-16-7-3-2-4-8-16/h2-10,15,17H,11-14H2,1H3,(H,22,24)(H,25,26)/t15-,17-/m1/s1. The van der Waals surface area contributed by atoms with Crippen LogP contribution in [0.1, 0.15) is 13.3 Å². The number of nitrogens with zero attached hydrogens (tertiary/aromatic N) is 1. The Balaban J connectivity index is 1.55. The molecule has 3 rings (SSSR count). The van der Waals surface area contributed by atoms with Gasteiger partial charge in [-0.25, -0.2) is 0 Å². The van der Waals surface area contributed by atoms with E-state index in [1.165, 1.54) is 0 Å². The van der Waals surface area contributed by atoms with Gasteiger partial charge in [0.1, 0.15) is 5.75 Å². The summed E-state index contributed by atoms with van der Waals surface area (Å²) < 4.78 is 5.85. The van der Waals surface area contributed by atoms with Crippen molar-refractivity contribution >= 4 is 17.6 Å². The van der Waals surface area contributed by atoms with Crippen molar-refractivity contribution < 1.29 is 19.4 Å². The largest absolute Gasteiger partial charge is 0.481 e. The number of anilines is 1. The van der Waals surface area contributed by atoms with Crippen molar-refractivity contribution in [2.75, 3.05) is 25.0 Å². The number of rotatable bonds is 7. The van der Waals surface area contributed by atoms with Crippen LogP contribution in [0.3, 0.4) is 0 Å². The molecule has 1 amide bonds. The molecule has 6 heteroatoms. The molecule has 0 unspecified atom stereocenters. The van der Waals surface area contributed by atoms with E-state index in [1.54, 1.807) is 6.07 Å². The van der Waals surface area contributed by atoms with Crippen LogP contribution in [0.25, 0.3) is 0 Å². The summed E-state index contributed by atoms with van der Waals surface area (Å²) in [6.07, 6.45) is 0.304. The van der Waals surface area contributed by atoms with Crippen molar-refractivity contribution in [3.05, 3.63) is 54.6 Å². The highest BCUT2D eigenvalue weighted by molar-refractivity contribution is 5.92. The maximum Gasteiger partial charge on any atom is 0.308 e. The maximum absolute atomic E-state index is 12.4. The zero-order chi connectivity index (χ0) is 19.2. The van der Waals surface area contributed by atoms with Gasteiger partial charge in [-0.15, -0.1) is 0 Å². The summed E-state index contributed by atoms with van der Waals surface area (Å²) in [5.74, 6) is 0.147. The fourth-order valence-corrected chi connectivity index (χ4v) is 3.32. The third-order valence-electron chi connectivity index (χ3n) is 4.79. The van der Waals surface area contributed by atoms with Crippen LogP contribution in [-0.4, -0.2) is 41.5 Å². The van der Waals surface area contributed by atoms with Crippen LogP contribution < -0.4 is 10.1 Å². The lowest BCUT2D eigenvalue weighted by Gasteiger charge is -2.16. The molecule has 142 valence electrons. The molecule has 6 nitrogen and oxygen atoms in total. The fraction of sp³-hybridized carbons (Fsp3) is 0.333. The number of likely N-dealkylation sites (tertiary alicyclic amines) is 1. The minimum absolute atomic E-state index is 0.102. The van der Waals surface area contributed by atoms with E-state index in [-0.39, 0.29) is 17.7 Å². The number of carboxylic acids is 1. The van der Waals surface area contributed by atoms with Crippen molar-refractivity contribution in [2.24, 2.45) is 11.8 Å². The number of ether oxygens (including phenoxy) is 1. The second-order valence-corrected chi connectivity index (χ2v) is 6.89. The molecule has 2 aromatic carbocycles. The summed E-state index contributed by atoms with van der Waals surface area (Å²) in [5, 5.41) is 12.1. The van der Waals surface area contributed by atoms with Crippen LogP contribution >= 0.6 is 0 Å². The van der Waals surface area contributed by atoms with Crippen LogP contribution in [0.5, 0.6) is 11.5 Å². The molecule has 2 N–H and O–H groups in total. The minimum atomic E-state index is -0.763. The highest BCUT2D eigenvalue weighted by Crippen LogP contribution is 2.29. The summed E-state index contributed by atoms with van der Waals surface area (Å²) in [7, 11) is 0. The van der Waals surface area contributed by atoms with E-state index < -0.39 is 5.97 Å². The van der Waals surface area contributed by atoms with E-state index in [1.807, 2.05) is 60.4 Å². The first-order valence-corrected chi connectivity index (χ1v) is 9.10. The number of nitrogens with one attached hydrogen (secondary N) is 1. The van der Waals surface area contributed by atoms with Crippen LogP contribution in [0, 0.1) is 11.8 Å². The van der Waals surface area contributed by atoms with Crippen molar-refractivity contribution in [1.82, 2.24) is 4.90 Å². The molecule has 1 aliphatic rings. The monoisotopic (exact) mass is 368 g/mol. The summed E-state index contributed by atoms with van der Waals surface area (Å²) in [5.41, 5.74) is 0.615. The Hall–Kier alpha value is -2.86. The first-order valence-electron chi connectivity index (χ1n) is 9.10. The van der Waals surface area contributed by atoms with Crippen molar-refractivity contribution in [3.8, 4) is 11.5 Å². The molecular formula is C21H24N2O4. The average Bonchev–Trinajstić information content (AvgIpc) is 3.04. The van der Waals surface area contributed by atoms with Crippen LogP contribution in [0.4, 0.5) is 5.69 Å². The van der Waals surface area contributed by atoms with Gasteiger partial charge in [-0.05, 0) is 30.2 Å². The number of para-hydroxylation sites is 3. The summed E-state index contributed by atoms with van der Waals surface area (Å²) in [6.45, 7) is 3.69. The molecule has 2 aromatic rings. The Labute approximate surface area is 158 Å². The Morgan fingerprint density at radius 2 is 1.81 bits per heavy atom. The van der Waals surface area contributed by atoms with Crippen LogP contribution in [-0.2, 0) is 9.59 Å². The molecule has 0 bridgehead atoms. The highest BCUT2D eigenvalue weighted by Gasteiger charge is 2.34. The lowest BCUT2D eigenvalue weighted by molar-refractivity contribution is -0.142. The maximum atomic E-state index is 12.4. The van der Waals surface area contributed by atoms with Gasteiger partial charge in [0.25, 0.3) is 0 Å². The molecular weight excluding hydrogens is 344 g/mol. The predicted octanol–water partition coefficient (Wildman–Crippen LogP) is 3.46. The van der Waals surface area contributed by atoms with Gasteiger partial charge in [-0.1, -0.05) is 37.3 Å². The van der Waals surface area contributed by atoms with E-state index in [9.17, 15) is 14.7 Å². The van der Waals surface area contributed by atoms with Gasteiger partial charge in [0.2, 0.25) is 5.91 Å². The average molecular weight is 368 g/mol. The number of carbonyl (C=O) groups is 2. The number of aliphatic carboxylic acids is 1. The number of benzene rings is 2. The van der Waals surface area contributed by atoms with Crippen molar-refractivity contribution in [2.45, 2.75) is 13.3 Å². The summed E-state index contributed by atoms with van der Waals surface area (Å²) in [6, 6.07) is 16.7. The topological polar surface area (TPSA) is 78.9 Å². The molecule has 2 atom stereocenters. The van der Waals surface area contributed by atoms with Gasteiger partial charge in [0.05, 0.1) is 11.6 Å². The molecule has 27 heavy (non-hydrogen) atoms. The number of carboxylic acid groups (broad SMARTS) is 1. The number of amides is 1. The van der Waals surface area contributed by atoms with Crippen molar-refractivity contribution in [3.63, 3.8) is 0 Å². The third-order valence-corrected chi connectivity index (χ3v) is 4.79. The Kier molecular flexibility index (Phi) is 6.08. The molecule has 1 heterocycles. The van der Waals surface area contributed by atoms with Crippen LogP contribution in [0.2, 0.25) is 0 Å². The van der Waals surface area contributed by atoms with Gasteiger partial charge in [-0.3, -0.25) is 9.59 Å². The quantitative estimate of drug-likeness (QED) is 0.782. The lowest BCUT2D eigenvalue weighted by atomic mass is 9.99. The molecule has 1 saturated heterocycles. The molecule has 0 aliphatic carbocycles. The minimum Gasteiger partial charge on any atom is -0.481 e. The zero-order valence-electron chi connectivity index (χ0n) is 15.3. The molecule has 0 radical (unpaired) electrons. The number of carbonyl (C=O) groups excluding carboxylic acids is 1. The Morgan fingerprint density at radius 1 is 1.11 bits per heavy atom. The van der Waals surface area contributed by atoms with E-state index in [4.69, 9.17) is 4.74 Å². The van der Waals surface area contributed by atoms with Gasteiger partial charge < -0.3 is 20.1 Å². The fourth-order valence-electron chi connectivity index (χ4n) is 3.32. The SMILES string of the molecule is C[C@@H]1CN(CCC(=O)Nc2ccccc2Oc2ccccc2)C[C@H]1C(=O)O. The molecule has 0 saturated carbocycles. The van der Waals surface area contributed by atoms with E-state index in [2.05, 4.69) is 5.32 Å². The van der Waals surface area contributed by atoms with Gasteiger partial charge in [0, 0.05) is 26.1 Å². The predicted molar refractivity (Wildman–Crippen MR) is 103 cm³/mol. The molecule has 1 fully saturated rings. The van der Waals surface area contributed by atoms with E-state index in [0.717, 1.165) is 0 Å². The van der Waals surface area contributed by atoms with Gasteiger partial charge >= 0.3 is 5.97 Å². The highest BCUT2D eigenvalue weighted by atomic mass is 16.5. The Morgan fingerprint density at radius 3 is 2.52 bits per heavy atom. The summed E-state index contributed by atoms with van der Waals surface area (Å²) >= 11 is 0. The molecule has 0 spiro atoms. The smallest absolute Gasteiger partial charge is 0.308 e.